The van der Waals surface area contributed by atoms with Gasteiger partial charge in [-0.15, -0.1) is 0 Å². The van der Waals surface area contributed by atoms with Gasteiger partial charge in [0, 0.05) is 41.5 Å². The molecule has 2 saturated carbocycles. The van der Waals surface area contributed by atoms with Crippen LogP contribution in [0, 0.1) is 48.2 Å². The summed E-state index contributed by atoms with van der Waals surface area (Å²) < 4.78 is 116. The highest BCUT2D eigenvalue weighted by molar-refractivity contribution is 7.90. The van der Waals surface area contributed by atoms with E-state index < -0.39 is 87.8 Å². The molecule has 2 fully saturated rings. The van der Waals surface area contributed by atoms with Crippen LogP contribution in [0.25, 0.3) is 22.0 Å². The summed E-state index contributed by atoms with van der Waals surface area (Å²) >= 11 is 0. The number of carbonyl (C=O) groups excluding carboxylic acids is 1. The van der Waals surface area contributed by atoms with Gasteiger partial charge in [0.25, 0.3) is 22.6 Å². The fraction of sp³-hybridized carbons (Fsp3) is 0.368. The molecule has 0 radical (unpaired) electrons. The van der Waals surface area contributed by atoms with E-state index in [0.717, 1.165) is 12.1 Å². The molecular formula is C38H36F6N8O4S. The summed E-state index contributed by atoms with van der Waals surface area (Å²) in [7, 11) is -2.73. The molecule has 5 atom stereocenters. The second-order valence-electron chi connectivity index (χ2n) is 15.0. The van der Waals surface area contributed by atoms with Crippen LogP contribution in [-0.4, -0.2) is 75.5 Å². The van der Waals surface area contributed by atoms with Crippen molar-refractivity contribution >= 4 is 38.5 Å². The number of alkyl halides is 4. The lowest BCUT2D eigenvalue weighted by Crippen LogP contribution is -2.49. The Morgan fingerprint density at radius 1 is 1.11 bits per heavy atom. The topological polar surface area (TPSA) is 168 Å². The number of aromatic nitrogens is 3. The van der Waals surface area contributed by atoms with Crippen LogP contribution < -0.4 is 15.2 Å². The number of nitrogens with two attached hydrogens (primary N) is 1. The first-order chi connectivity index (χ1) is 26.5. The van der Waals surface area contributed by atoms with E-state index in [-0.39, 0.29) is 34.8 Å². The van der Waals surface area contributed by atoms with Gasteiger partial charge in [-0.25, -0.2) is 36.5 Å². The normalized spacial score (nSPS) is 21.5. The van der Waals surface area contributed by atoms with Gasteiger partial charge in [0.1, 0.15) is 41.2 Å². The van der Waals surface area contributed by atoms with Gasteiger partial charge >= 0.3 is 0 Å². The van der Waals surface area contributed by atoms with Crippen LogP contribution >= 0.6 is 0 Å². The van der Waals surface area contributed by atoms with Crippen LogP contribution in [0.2, 0.25) is 0 Å². The largest absolute Gasteiger partial charge is 0.378 e. The van der Waals surface area contributed by atoms with Crippen molar-refractivity contribution in [3.05, 3.63) is 88.8 Å². The minimum Gasteiger partial charge on any atom is -0.378 e. The highest BCUT2D eigenvalue weighted by atomic mass is 32.2. The van der Waals surface area contributed by atoms with Gasteiger partial charge in [-0.2, -0.15) is 18.6 Å². The lowest BCUT2D eigenvalue weighted by atomic mass is 9.91. The van der Waals surface area contributed by atoms with E-state index in [1.54, 1.807) is 32.2 Å². The highest BCUT2D eigenvalue weighted by Crippen LogP contribution is 2.68. The highest BCUT2D eigenvalue weighted by Gasteiger charge is 2.77. The molecule has 2 aromatic carbocycles. The molecule has 57 heavy (non-hydrogen) atoms. The van der Waals surface area contributed by atoms with Crippen molar-refractivity contribution in [2.75, 3.05) is 11.3 Å². The number of benzene rings is 2. The number of amides is 1. The van der Waals surface area contributed by atoms with E-state index in [0.29, 0.717) is 38.7 Å². The number of fused-ring (bicyclic) bond motifs is 4. The molecule has 2 aromatic heterocycles. The van der Waals surface area contributed by atoms with Crippen LogP contribution in [0.1, 0.15) is 42.4 Å². The zero-order chi connectivity index (χ0) is 41.5. The number of aliphatic hydroxyl groups is 1. The number of hydrogen-bond acceptors (Lipinski definition) is 8. The Bertz CT molecular complexity index is 2540. The molecule has 2 aliphatic carbocycles. The second-order valence-corrected chi connectivity index (χ2v) is 16.3. The lowest BCUT2D eigenvalue weighted by molar-refractivity contribution is -0.127. The number of hydrogen-bond donors (Lipinski definition) is 4. The smallest absolute Gasteiger partial charge is 0.297 e. The maximum absolute atomic E-state index is 15.6. The van der Waals surface area contributed by atoms with Crippen molar-refractivity contribution in [1.29, 1.82) is 0 Å². The van der Waals surface area contributed by atoms with Gasteiger partial charge in [0.05, 0.1) is 23.2 Å². The zero-order valence-corrected chi connectivity index (χ0v) is 31.6. The van der Waals surface area contributed by atoms with Crippen molar-refractivity contribution in [2.24, 2.45) is 35.0 Å². The molecular weight excluding hydrogens is 779 g/mol. The summed E-state index contributed by atoms with van der Waals surface area (Å²) in [5.41, 5.74) is -0.237. The van der Waals surface area contributed by atoms with Crippen LogP contribution in [0.5, 0.6) is 0 Å². The van der Waals surface area contributed by atoms with Crippen molar-refractivity contribution in [3.8, 4) is 23.0 Å². The Morgan fingerprint density at radius 3 is 2.40 bits per heavy atom. The number of nitrogens with zero attached hydrogens (tertiary/aromatic N) is 5. The van der Waals surface area contributed by atoms with Gasteiger partial charge in [0.2, 0.25) is 5.91 Å². The average Bonchev–Trinajstić information content (AvgIpc) is 3.31. The standard InChI is InChI=1S/C38H36F6N8O4S/c1-17-6-8-24(33-27(17)36(49-51(33)5)50-57(45,55)56)23-9-7-22(10-11-37(3,4)54)46-31(23)25(14-19-12-20(39)15-21(40)13-19)47-26(53)16-52-34-29(32(48-52)35(41)42)28-18(2)30(28)38(34,43)44/h6-9,12-13,15,25,28-30,34-35,54H,2,14,16H2,1,3-5H3,(H,47,53)(H,49,50)(H2,45,55,56)/t25-,28+,29?,30+,34?/m0/s1. The zero-order valence-electron chi connectivity index (χ0n) is 30.8. The van der Waals surface area contributed by atoms with Crippen molar-refractivity contribution in [2.45, 2.75) is 57.2 Å². The van der Waals surface area contributed by atoms with Gasteiger partial charge in [-0.05, 0) is 68.5 Å². The number of anilines is 1. The average molecular weight is 815 g/mol. The summed E-state index contributed by atoms with van der Waals surface area (Å²) in [6, 6.07) is 5.99. The Kier molecular flexibility index (Phi) is 9.69. The number of halogens is 6. The Hall–Kier alpha value is -5.45. The monoisotopic (exact) mass is 814 g/mol. The number of aryl methyl sites for hydroxylation is 2. The van der Waals surface area contributed by atoms with Crippen LogP contribution in [0.15, 0.2) is 59.7 Å². The van der Waals surface area contributed by atoms with Crippen molar-refractivity contribution in [1.82, 2.24) is 25.1 Å². The maximum Gasteiger partial charge on any atom is 0.297 e. The van der Waals surface area contributed by atoms with E-state index in [4.69, 9.17) is 10.1 Å². The first-order valence-corrected chi connectivity index (χ1v) is 19.1. The van der Waals surface area contributed by atoms with Gasteiger partial charge in [0.15, 0.2) is 5.82 Å². The van der Waals surface area contributed by atoms with Gasteiger partial charge in [-0.3, -0.25) is 19.2 Å². The third-order valence-electron chi connectivity index (χ3n) is 10.2. The number of nitrogens with one attached hydrogen (secondary N) is 2. The first kappa shape index (κ1) is 39.8. The molecule has 7 rings (SSSR count). The van der Waals surface area contributed by atoms with E-state index in [1.807, 2.05) is 0 Å². The molecule has 1 aliphatic heterocycles. The minimum atomic E-state index is -4.27. The fourth-order valence-corrected chi connectivity index (χ4v) is 8.45. The van der Waals surface area contributed by atoms with Crippen LogP contribution in [-0.2, 0) is 28.5 Å². The third-order valence-corrected chi connectivity index (χ3v) is 10.7. The number of carbonyl (C=O) groups is 1. The van der Waals surface area contributed by atoms with E-state index in [9.17, 15) is 35.9 Å². The molecule has 19 heteroatoms. The second kappa shape index (κ2) is 13.9. The van der Waals surface area contributed by atoms with E-state index in [1.165, 1.54) is 24.6 Å². The molecule has 3 heterocycles. The Morgan fingerprint density at radius 2 is 1.77 bits per heavy atom. The summed E-state index contributed by atoms with van der Waals surface area (Å²) in [5.74, 6) is -4.58. The SMILES string of the molecule is C=C1[C@@H]2C3C(C(F)F)=NN(CC(=O)N[C@@H](Cc4cc(F)cc(F)c4)c4nc(C#CC(C)(C)O)ccc4-c4ccc(C)c5c(NS(N)(=O)=O)nn(C)c45)C3C(F)(F)[C@H]12. The maximum atomic E-state index is 15.6. The molecule has 1 amide bonds. The molecule has 12 nitrogen and oxygen atoms in total. The van der Waals surface area contributed by atoms with Crippen LogP contribution in [0.4, 0.5) is 32.2 Å². The van der Waals surface area contributed by atoms with E-state index in [2.05, 4.69) is 38.7 Å². The fourth-order valence-electron chi connectivity index (χ4n) is 8.03. The quantitative estimate of drug-likeness (QED) is 0.102. The molecule has 300 valence electrons. The predicted molar refractivity (Wildman–Crippen MR) is 198 cm³/mol. The molecule has 2 unspecified atom stereocenters. The molecule has 0 saturated heterocycles. The Labute approximate surface area is 323 Å². The summed E-state index contributed by atoms with van der Waals surface area (Å²) in [6.07, 6.45) is -3.50. The molecule has 5 N–H and O–H groups in total. The Balaban J connectivity index is 1.36. The number of pyridine rings is 1. The predicted octanol–water partition coefficient (Wildman–Crippen LogP) is 4.73. The van der Waals surface area contributed by atoms with Crippen LogP contribution in [0.3, 0.4) is 0 Å². The lowest BCUT2D eigenvalue weighted by Gasteiger charge is -2.31. The van der Waals surface area contributed by atoms with E-state index >= 15 is 8.78 Å². The molecule has 3 aliphatic rings. The summed E-state index contributed by atoms with van der Waals surface area (Å²) in [5, 5.41) is 27.4. The van der Waals surface area contributed by atoms with Gasteiger partial charge in [-0.1, -0.05) is 30.2 Å². The summed E-state index contributed by atoms with van der Waals surface area (Å²) in [4.78, 5) is 18.7. The number of hydrazone groups is 1. The summed E-state index contributed by atoms with van der Waals surface area (Å²) in [6.45, 7) is 7.31. The number of rotatable bonds is 10. The molecule has 0 spiro atoms. The van der Waals surface area contributed by atoms with Crippen molar-refractivity contribution in [3.63, 3.8) is 0 Å². The minimum absolute atomic E-state index is 0.0442. The molecule has 4 aromatic rings. The third kappa shape index (κ3) is 7.56. The number of allylic oxidation sites excluding steroid dienone is 1. The molecule has 0 bridgehead atoms. The van der Waals surface area contributed by atoms with Crippen molar-refractivity contribution < 1.29 is 44.7 Å². The first-order valence-electron chi connectivity index (χ1n) is 17.5. The van der Waals surface area contributed by atoms with Gasteiger partial charge < -0.3 is 10.4 Å².